The number of ether oxygens (including phenoxy) is 1. The highest BCUT2D eigenvalue weighted by Gasteiger charge is 2.51. The number of carbonyl (C=O) groups is 2. The van der Waals surface area contributed by atoms with Crippen LogP contribution in [-0.4, -0.2) is 72.0 Å². The molecule has 0 aliphatic carbocycles. The maximum Gasteiger partial charge on any atom is 0.573 e. The third kappa shape index (κ3) is 5.55. The third-order valence-corrected chi connectivity index (χ3v) is 8.57. The van der Waals surface area contributed by atoms with Crippen molar-refractivity contribution in [1.29, 1.82) is 0 Å². The van der Waals surface area contributed by atoms with E-state index in [2.05, 4.69) is 4.74 Å². The first kappa shape index (κ1) is 27.2. The van der Waals surface area contributed by atoms with Gasteiger partial charge in [0.2, 0.25) is 21.8 Å². The van der Waals surface area contributed by atoms with Crippen LogP contribution >= 0.6 is 11.6 Å². The Morgan fingerprint density at radius 3 is 2.35 bits per heavy atom. The van der Waals surface area contributed by atoms with Crippen LogP contribution in [0.3, 0.4) is 0 Å². The van der Waals surface area contributed by atoms with Crippen molar-refractivity contribution in [1.82, 2.24) is 14.1 Å². The number of amides is 2. The predicted octanol–water partition coefficient (Wildman–Crippen LogP) is 3.65. The van der Waals surface area contributed by atoms with E-state index in [1.54, 1.807) is 38.1 Å². The van der Waals surface area contributed by atoms with Gasteiger partial charge in [0.1, 0.15) is 22.9 Å². The van der Waals surface area contributed by atoms with Crippen LogP contribution < -0.4 is 4.74 Å². The first-order valence-corrected chi connectivity index (χ1v) is 13.3. The van der Waals surface area contributed by atoms with E-state index in [0.717, 1.165) is 16.4 Å². The number of hydrogen-bond donors (Lipinski definition) is 0. The number of halogens is 4. The molecule has 37 heavy (non-hydrogen) atoms. The summed E-state index contributed by atoms with van der Waals surface area (Å²) in [4.78, 5) is 28.6. The van der Waals surface area contributed by atoms with Crippen LogP contribution in [0.1, 0.15) is 25.8 Å². The lowest BCUT2D eigenvalue weighted by atomic mass is 9.97. The van der Waals surface area contributed by atoms with Gasteiger partial charge < -0.3 is 14.5 Å². The van der Waals surface area contributed by atoms with Crippen molar-refractivity contribution in [2.75, 3.05) is 13.1 Å². The molecular weight excluding hydrogens is 535 g/mol. The van der Waals surface area contributed by atoms with Crippen molar-refractivity contribution in [3.05, 3.63) is 59.1 Å². The van der Waals surface area contributed by atoms with Crippen molar-refractivity contribution in [2.24, 2.45) is 0 Å². The molecule has 2 aromatic carbocycles. The van der Waals surface area contributed by atoms with E-state index in [4.69, 9.17) is 11.6 Å². The molecule has 2 aromatic rings. The van der Waals surface area contributed by atoms with Crippen molar-refractivity contribution < 1.29 is 35.9 Å². The minimum absolute atomic E-state index is 0.114. The van der Waals surface area contributed by atoms with Crippen molar-refractivity contribution in [3.8, 4) is 5.75 Å². The molecule has 0 N–H and O–H groups in total. The Kier molecular flexibility index (Phi) is 7.46. The van der Waals surface area contributed by atoms with Crippen molar-refractivity contribution in [3.63, 3.8) is 0 Å². The SMILES string of the molecule is CC(C)N1CC2N(C(=O)CCN2S(=O)(=O)c2ccccc2OC(F)(F)F)C(Cc2ccc(Cl)cc2)C1=O. The molecule has 0 aromatic heterocycles. The van der Waals surface area contributed by atoms with Gasteiger partial charge in [0.25, 0.3) is 0 Å². The van der Waals surface area contributed by atoms with E-state index in [1.165, 1.54) is 21.9 Å². The smallest absolute Gasteiger partial charge is 0.404 e. The number of alkyl halides is 3. The predicted molar refractivity (Wildman–Crippen MR) is 128 cm³/mol. The van der Waals surface area contributed by atoms with E-state index in [1.807, 2.05) is 0 Å². The highest BCUT2D eigenvalue weighted by Crippen LogP contribution is 2.36. The van der Waals surface area contributed by atoms with Crippen molar-refractivity contribution >= 4 is 33.4 Å². The zero-order chi connectivity index (χ0) is 27.1. The zero-order valence-electron chi connectivity index (χ0n) is 20.0. The Labute approximate surface area is 217 Å². The molecule has 2 aliphatic heterocycles. The minimum Gasteiger partial charge on any atom is -0.404 e. The number of nitrogens with zero attached hydrogens (tertiary/aromatic N) is 3. The number of rotatable bonds is 6. The fraction of sp³-hybridized carbons (Fsp3) is 0.417. The molecule has 13 heteroatoms. The molecule has 0 radical (unpaired) electrons. The Balaban J connectivity index is 1.76. The van der Waals surface area contributed by atoms with Crippen LogP contribution in [0.15, 0.2) is 53.4 Å². The number of hydrogen-bond acceptors (Lipinski definition) is 5. The van der Waals surface area contributed by atoms with Gasteiger partial charge in [-0.05, 0) is 43.7 Å². The quantitative estimate of drug-likeness (QED) is 0.539. The van der Waals surface area contributed by atoms with E-state index in [-0.39, 0.29) is 37.9 Å². The number of para-hydroxylation sites is 1. The molecule has 2 heterocycles. The second kappa shape index (κ2) is 10.1. The van der Waals surface area contributed by atoms with Crippen LogP contribution in [0.5, 0.6) is 5.75 Å². The average Bonchev–Trinajstić information content (AvgIpc) is 2.81. The standard InChI is InChI=1S/C24H25ClF3N3O5S/c1-15(2)29-14-21-30(37(34,35)20-6-4-3-5-19(20)36-24(26,27)28)12-11-22(32)31(21)18(23(29)33)13-16-7-9-17(25)10-8-16/h3-10,15,18,21H,11-14H2,1-2H3. The van der Waals surface area contributed by atoms with Gasteiger partial charge in [0.05, 0.1) is 6.54 Å². The van der Waals surface area contributed by atoms with E-state index < -0.39 is 45.1 Å². The van der Waals surface area contributed by atoms with Crippen LogP contribution in [0, 0.1) is 0 Å². The van der Waals surface area contributed by atoms with Gasteiger partial charge in [-0.25, -0.2) is 8.42 Å². The molecule has 2 aliphatic rings. The summed E-state index contributed by atoms with van der Waals surface area (Å²) in [5.74, 6) is -1.62. The number of benzene rings is 2. The van der Waals surface area contributed by atoms with Gasteiger partial charge in [-0.15, -0.1) is 13.2 Å². The molecule has 2 atom stereocenters. The second-order valence-electron chi connectivity index (χ2n) is 9.07. The second-order valence-corrected chi connectivity index (χ2v) is 11.4. The summed E-state index contributed by atoms with van der Waals surface area (Å²) in [6.07, 6.45) is -6.33. The monoisotopic (exact) mass is 559 g/mol. The van der Waals surface area contributed by atoms with Crippen LogP contribution in [0.2, 0.25) is 5.02 Å². The van der Waals surface area contributed by atoms with Gasteiger partial charge in [-0.3, -0.25) is 9.59 Å². The molecule has 0 spiro atoms. The average molecular weight is 560 g/mol. The largest absolute Gasteiger partial charge is 0.573 e. The molecule has 4 rings (SSSR count). The van der Waals surface area contributed by atoms with Crippen LogP contribution in [-0.2, 0) is 26.0 Å². The van der Waals surface area contributed by atoms with Crippen LogP contribution in [0.25, 0.3) is 0 Å². The van der Waals surface area contributed by atoms with E-state index in [0.29, 0.717) is 10.6 Å². The molecule has 0 saturated carbocycles. The Hall–Kier alpha value is -2.83. The molecular formula is C24H25ClF3N3O5S. The Bertz CT molecular complexity index is 1290. The number of piperazine rings is 1. The fourth-order valence-corrected chi connectivity index (χ4v) is 6.51. The van der Waals surface area contributed by atoms with Gasteiger partial charge in [-0.2, -0.15) is 4.31 Å². The molecule has 0 bridgehead atoms. The van der Waals surface area contributed by atoms with Gasteiger partial charge in [-0.1, -0.05) is 35.9 Å². The fourth-order valence-electron chi connectivity index (χ4n) is 4.70. The summed E-state index contributed by atoms with van der Waals surface area (Å²) in [7, 11) is -4.57. The highest BCUT2D eigenvalue weighted by atomic mass is 35.5. The maximum atomic E-state index is 13.7. The molecule has 2 amide bonds. The number of fused-ring (bicyclic) bond motifs is 1. The first-order chi connectivity index (χ1) is 17.3. The third-order valence-electron chi connectivity index (χ3n) is 6.38. The normalized spacial score (nSPS) is 21.4. The summed E-state index contributed by atoms with van der Waals surface area (Å²) in [6.45, 7) is 3.16. The summed E-state index contributed by atoms with van der Waals surface area (Å²) in [6, 6.07) is 9.87. The molecule has 2 fully saturated rings. The molecule has 2 unspecified atom stereocenters. The maximum absolute atomic E-state index is 13.7. The highest BCUT2D eigenvalue weighted by molar-refractivity contribution is 7.89. The lowest BCUT2D eigenvalue weighted by molar-refractivity contribution is -0.275. The van der Waals surface area contributed by atoms with E-state index >= 15 is 0 Å². The van der Waals surface area contributed by atoms with Gasteiger partial charge in [0, 0.05) is 30.5 Å². The Morgan fingerprint density at radius 2 is 1.73 bits per heavy atom. The number of sulfonamides is 1. The van der Waals surface area contributed by atoms with Crippen molar-refractivity contribution in [2.45, 2.75) is 56.2 Å². The minimum atomic E-state index is -5.11. The van der Waals surface area contributed by atoms with E-state index in [9.17, 15) is 31.2 Å². The first-order valence-electron chi connectivity index (χ1n) is 11.5. The summed E-state index contributed by atoms with van der Waals surface area (Å²) in [5, 5.41) is 0.492. The lowest BCUT2D eigenvalue weighted by Crippen LogP contribution is -2.72. The topological polar surface area (TPSA) is 87.2 Å². The molecule has 200 valence electrons. The van der Waals surface area contributed by atoms with Gasteiger partial charge in [0.15, 0.2) is 0 Å². The summed E-state index contributed by atoms with van der Waals surface area (Å²) in [5.41, 5.74) is 0.712. The number of carbonyl (C=O) groups excluding carboxylic acids is 2. The van der Waals surface area contributed by atoms with Gasteiger partial charge >= 0.3 is 6.36 Å². The lowest BCUT2D eigenvalue weighted by Gasteiger charge is -2.52. The summed E-state index contributed by atoms with van der Waals surface area (Å²) >= 11 is 5.97. The summed E-state index contributed by atoms with van der Waals surface area (Å²) < 4.78 is 71.5. The van der Waals surface area contributed by atoms with Crippen LogP contribution in [0.4, 0.5) is 13.2 Å². The zero-order valence-corrected chi connectivity index (χ0v) is 21.6. The molecule has 2 saturated heterocycles. The Morgan fingerprint density at radius 1 is 1.08 bits per heavy atom. The molecule has 8 nitrogen and oxygen atoms in total.